The van der Waals surface area contributed by atoms with E-state index in [4.69, 9.17) is 16.3 Å². The summed E-state index contributed by atoms with van der Waals surface area (Å²) in [5.74, 6) is 0. The second-order valence-corrected chi connectivity index (χ2v) is 5.37. The van der Waals surface area contributed by atoms with Crippen LogP contribution in [0.15, 0.2) is 24.3 Å². The van der Waals surface area contributed by atoms with Gasteiger partial charge in [0.1, 0.15) is 0 Å². The predicted octanol–water partition coefficient (Wildman–Crippen LogP) is 3.78. The molecule has 0 atom stereocenters. The van der Waals surface area contributed by atoms with Gasteiger partial charge >= 0.3 is 0 Å². The minimum atomic E-state index is 0.510. The van der Waals surface area contributed by atoms with Crippen molar-refractivity contribution in [2.45, 2.75) is 44.8 Å². The predicted molar refractivity (Wildman–Crippen MR) is 76.0 cm³/mol. The number of ether oxygens (including phenoxy) is 1. The summed E-state index contributed by atoms with van der Waals surface area (Å²) in [5, 5.41) is 4.18. The molecule has 3 heteroatoms. The van der Waals surface area contributed by atoms with Crippen LogP contribution in [-0.4, -0.2) is 19.3 Å². The van der Waals surface area contributed by atoms with Crippen molar-refractivity contribution in [3.8, 4) is 0 Å². The Bertz CT molecular complexity index is 333. The summed E-state index contributed by atoms with van der Waals surface area (Å²) in [6, 6.07) is 7.96. The molecule has 0 aliphatic heterocycles. The summed E-state index contributed by atoms with van der Waals surface area (Å²) in [5.41, 5.74) is 1.26. The minimum absolute atomic E-state index is 0.510. The van der Waals surface area contributed by atoms with Crippen molar-refractivity contribution in [2.24, 2.45) is 0 Å². The fraction of sp³-hybridized carbons (Fsp3) is 0.600. The van der Waals surface area contributed by atoms with E-state index < -0.39 is 0 Å². The van der Waals surface area contributed by atoms with E-state index in [0.717, 1.165) is 24.7 Å². The summed E-state index contributed by atoms with van der Waals surface area (Å²) >= 11 is 5.84. The van der Waals surface area contributed by atoms with E-state index in [-0.39, 0.29) is 0 Å². The average molecular weight is 268 g/mol. The molecule has 1 fully saturated rings. The summed E-state index contributed by atoms with van der Waals surface area (Å²) in [4.78, 5) is 0. The van der Waals surface area contributed by atoms with Crippen molar-refractivity contribution in [3.63, 3.8) is 0 Å². The van der Waals surface area contributed by atoms with Crippen molar-refractivity contribution in [3.05, 3.63) is 34.9 Å². The van der Waals surface area contributed by atoms with Gasteiger partial charge in [0.05, 0.1) is 12.7 Å². The molecule has 1 aliphatic carbocycles. The summed E-state index contributed by atoms with van der Waals surface area (Å²) in [7, 11) is 0. The lowest BCUT2D eigenvalue weighted by atomic mass is 9.98. The molecule has 18 heavy (non-hydrogen) atoms. The molecular weight excluding hydrogens is 246 g/mol. The number of rotatable bonds is 6. The Morgan fingerprint density at radius 3 is 2.56 bits per heavy atom. The van der Waals surface area contributed by atoms with Gasteiger partial charge in [-0.3, -0.25) is 0 Å². The highest BCUT2D eigenvalue weighted by atomic mass is 35.5. The third-order valence-electron chi connectivity index (χ3n) is 3.43. The first kappa shape index (κ1) is 13.9. The Kier molecular flexibility index (Phi) is 5.98. The average Bonchev–Trinajstić information content (AvgIpc) is 2.42. The fourth-order valence-corrected chi connectivity index (χ4v) is 2.49. The van der Waals surface area contributed by atoms with E-state index in [9.17, 15) is 0 Å². The van der Waals surface area contributed by atoms with Gasteiger partial charge in [-0.15, -0.1) is 0 Å². The molecule has 2 nitrogen and oxygen atoms in total. The van der Waals surface area contributed by atoms with Crippen molar-refractivity contribution in [1.82, 2.24) is 5.32 Å². The van der Waals surface area contributed by atoms with Crippen LogP contribution in [0.25, 0.3) is 0 Å². The second-order valence-electron chi connectivity index (χ2n) is 4.93. The zero-order valence-electron chi connectivity index (χ0n) is 10.8. The molecule has 0 unspecified atom stereocenters. The standard InChI is InChI=1S/C15H22ClNO/c16-14-8-6-13(7-9-14)12-17-10-11-18-15-4-2-1-3-5-15/h6-9,15,17H,1-5,10-12H2. The fourth-order valence-electron chi connectivity index (χ4n) is 2.36. The summed E-state index contributed by atoms with van der Waals surface area (Å²) in [6.07, 6.45) is 7.06. The Labute approximate surface area is 115 Å². The number of hydrogen-bond donors (Lipinski definition) is 1. The number of halogens is 1. The van der Waals surface area contributed by atoms with Crippen LogP contribution in [0.4, 0.5) is 0 Å². The van der Waals surface area contributed by atoms with Crippen LogP contribution >= 0.6 is 11.6 Å². The number of hydrogen-bond acceptors (Lipinski definition) is 2. The van der Waals surface area contributed by atoms with Crippen LogP contribution in [0.3, 0.4) is 0 Å². The third kappa shape index (κ3) is 4.97. The number of benzene rings is 1. The molecule has 1 aromatic rings. The van der Waals surface area contributed by atoms with Crippen molar-refractivity contribution < 1.29 is 4.74 Å². The highest BCUT2D eigenvalue weighted by molar-refractivity contribution is 6.30. The molecule has 1 saturated carbocycles. The highest BCUT2D eigenvalue weighted by Gasteiger charge is 2.12. The molecule has 1 N–H and O–H groups in total. The topological polar surface area (TPSA) is 21.3 Å². The maximum absolute atomic E-state index is 5.86. The van der Waals surface area contributed by atoms with Gasteiger partial charge in [-0.2, -0.15) is 0 Å². The van der Waals surface area contributed by atoms with Gasteiger partial charge in [0.25, 0.3) is 0 Å². The van der Waals surface area contributed by atoms with E-state index in [1.807, 2.05) is 12.1 Å². The third-order valence-corrected chi connectivity index (χ3v) is 3.68. The van der Waals surface area contributed by atoms with Crippen LogP contribution in [0.5, 0.6) is 0 Å². The first-order chi connectivity index (χ1) is 8.84. The lowest BCUT2D eigenvalue weighted by molar-refractivity contribution is 0.0302. The molecule has 0 radical (unpaired) electrons. The smallest absolute Gasteiger partial charge is 0.0594 e. The Balaban J connectivity index is 1.54. The van der Waals surface area contributed by atoms with E-state index in [1.165, 1.54) is 37.7 Å². The van der Waals surface area contributed by atoms with Crippen molar-refractivity contribution in [1.29, 1.82) is 0 Å². The Morgan fingerprint density at radius 1 is 1.11 bits per heavy atom. The molecule has 0 heterocycles. The van der Waals surface area contributed by atoms with Gasteiger partial charge in [-0.25, -0.2) is 0 Å². The lowest BCUT2D eigenvalue weighted by Crippen LogP contribution is -2.24. The molecular formula is C15H22ClNO. The van der Waals surface area contributed by atoms with Crippen molar-refractivity contribution >= 4 is 11.6 Å². The van der Waals surface area contributed by atoms with Gasteiger partial charge in [-0.1, -0.05) is 43.0 Å². The monoisotopic (exact) mass is 267 g/mol. The Hall–Kier alpha value is -0.570. The second kappa shape index (κ2) is 7.78. The lowest BCUT2D eigenvalue weighted by Gasteiger charge is -2.22. The van der Waals surface area contributed by atoms with Gasteiger partial charge < -0.3 is 10.1 Å². The molecule has 1 aromatic carbocycles. The quantitative estimate of drug-likeness (QED) is 0.792. The van der Waals surface area contributed by atoms with Crippen LogP contribution in [-0.2, 0) is 11.3 Å². The number of nitrogens with one attached hydrogen (secondary N) is 1. The minimum Gasteiger partial charge on any atom is -0.377 e. The van der Waals surface area contributed by atoms with E-state index in [2.05, 4.69) is 17.4 Å². The zero-order chi connectivity index (χ0) is 12.6. The van der Waals surface area contributed by atoms with Gasteiger partial charge in [0.2, 0.25) is 0 Å². The maximum Gasteiger partial charge on any atom is 0.0594 e. The van der Waals surface area contributed by atoms with Crippen LogP contribution in [0.1, 0.15) is 37.7 Å². The first-order valence-corrected chi connectivity index (χ1v) is 7.29. The van der Waals surface area contributed by atoms with Gasteiger partial charge in [0.15, 0.2) is 0 Å². The van der Waals surface area contributed by atoms with Crippen molar-refractivity contribution in [2.75, 3.05) is 13.2 Å². The van der Waals surface area contributed by atoms with E-state index >= 15 is 0 Å². The summed E-state index contributed by atoms with van der Waals surface area (Å²) < 4.78 is 5.86. The molecule has 0 spiro atoms. The molecule has 0 bridgehead atoms. The van der Waals surface area contributed by atoms with E-state index in [0.29, 0.717) is 6.10 Å². The van der Waals surface area contributed by atoms with Crippen LogP contribution < -0.4 is 5.32 Å². The van der Waals surface area contributed by atoms with Crippen LogP contribution in [0.2, 0.25) is 5.02 Å². The molecule has 2 rings (SSSR count). The molecule has 1 aliphatic rings. The summed E-state index contributed by atoms with van der Waals surface area (Å²) in [6.45, 7) is 2.61. The van der Waals surface area contributed by atoms with E-state index in [1.54, 1.807) is 0 Å². The Morgan fingerprint density at radius 2 is 1.83 bits per heavy atom. The molecule has 0 saturated heterocycles. The van der Waals surface area contributed by atoms with Gasteiger partial charge in [0, 0.05) is 18.1 Å². The molecule has 0 amide bonds. The molecule has 100 valence electrons. The SMILES string of the molecule is Clc1ccc(CNCCOC2CCCCC2)cc1. The van der Waals surface area contributed by atoms with Gasteiger partial charge in [-0.05, 0) is 30.5 Å². The van der Waals surface area contributed by atoms with Crippen LogP contribution in [0, 0.1) is 0 Å². The largest absolute Gasteiger partial charge is 0.377 e. The maximum atomic E-state index is 5.86. The highest BCUT2D eigenvalue weighted by Crippen LogP contribution is 2.19. The molecule has 0 aromatic heterocycles. The first-order valence-electron chi connectivity index (χ1n) is 6.91. The zero-order valence-corrected chi connectivity index (χ0v) is 11.6. The normalized spacial score (nSPS) is 16.9.